The number of carbonyl (C=O) groups excluding carboxylic acids is 2. The fourth-order valence-electron chi connectivity index (χ4n) is 0.862. The molecule has 0 saturated heterocycles. The Kier molecular flexibility index (Phi) is 4.22. The second kappa shape index (κ2) is 5.66. The maximum atomic E-state index is 12.5. The lowest BCUT2D eigenvalue weighted by Crippen LogP contribution is -2.45. The maximum Gasteiger partial charge on any atom is 0.337 e. The Morgan fingerprint density at radius 2 is 1.81 bits per heavy atom. The molecule has 16 heavy (non-hydrogen) atoms. The van der Waals surface area contributed by atoms with Crippen LogP contribution in [0.15, 0.2) is 24.3 Å². The van der Waals surface area contributed by atoms with Gasteiger partial charge < -0.3 is 10.4 Å². The van der Waals surface area contributed by atoms with Crippen molar-refractivity contribution in [1.29, 1.82) is 0 Å². The number of rotatable bonds is 2. The van der Waals surface area contributed by atoms with Gasteiger partial charge >= 0.3 is 6.03 Å². The number of anilines is 1. The van der Waals surface area contributed by atoms with Crippen LogP contribution in [-0.2, 0) is 4.79 Å². The first-order valence-electron chi connectivity index (χ1n) is 4.34. The second-order valence-corrected chi connectivity index (χ2v) is 2.79. The van der Waals surface area contributed by atoms with Crippen LogP contribution in [0.5, 0.6) is 0 Å². The van der Waals surface area contributed by atoms with Crippen molar-refractivity contribution in [2.45, 2.75) is 0 Å². The largest absolute Gasteiger partial charge is 0.386 e. The van der Waals surface area contributed by atoms with Gasteiger partial charge in [-0.2, -0.15) is 0 Å². The summed E-state index contributed by atoms with van der Waals surface area (Å²) in [5, 5.41) is 10.7. The van der Waals surface area contributed by atoms with Crippen LogP contribution in [0.25, 0.3) is 0 Å². The van der Waals surface area contributed by atoms with Crippen LogP contribution in [0, 0.1) is 5.82 Å². The van der Waals surface area contributed by atoms with Crippen LogP contribution >= 0.6 is 0 Å². The highest BCUT2D eigenvalue weighted by molar-refractivity contribution is 5.90. The van der Waals surface area contributed by atoms with E-state index < -0.39 is 24.4 Å². The van der Waals surface area contributed by atoms with Gasteiger partial charge in [-0.05, 0) is 24.3 Å². The molecule has 0 fully saturated rings. The molecule has 1 rings (SSSR count). The van der Waals surface area contributed by atoms with E-state index in [4.69, 9.17) is 5.11 Å². The number of carbonyl (C=O) groups is 2. The summed E-state index contributed by atoms with van der Waals surface area (Å²) >= 11 is 0. The molecule has 7 heteroatoms. The summed E-state index contributed by atoms with van der Waals surface area (Å²) in [5.41, 5.74) is 4.30. The van der Waals surface area contributed by atoms with Gasteiger partial charge in [0.1, 0.15) is 12.4 Å². The molecule has 0 aromatic heterocycles. The molecule has 0 spiro atoms. The highest BCUT2D eigenvalue weighted by Gasteiger charge is 2.03. The van der Waals surface area contributed by atoms with Gasteiger partial charge in [0, 0.05) is 5.69 Å². The van der Waals surface area contributed by atoms with Crippen molar-refractivity contribution in [3.63, 3.8) is 0 Å². The number of hydrazine groups is 1. The molecule has 4 N–H and O–H groups in total. The Balaban J connectivity index is 2.40. The number of hydrogen-bond donors (Lipinski definition) is 4. The molecule has 0 unspecified atom stereocenters. The van der Waals surface area contributed by atoms with E-state index in [1.54, 1.807) is 0 Å². The number of halogens is 1. The summed E-state index contributed by atoms with van der Waals surface area (Å²) in [4.78, 5) is 21.7. The molecule has 0 radical (unpaired) electrons. The predicted octanol–water partition coefficient (Wildman–Crippen LogP) is -0.0293. The first kappa shape index (κ1) is 11.9. The van der Waals surface area contributed by atoms with Crippen molar-refractivity contribution in [3.8, 4) is 0 Å². The Bertz CT molecular complexity index is 380. The van der Waals surface area contributed by atoms with Crippen molar-refractivity contribution in [2.75, 3.05) is 11.9 Å². The average molecular weight is 227 g/mol. The zero-order valence-electron chi connectivity index (χ0n) is 8.16. The molecule has 3 amide bonds. The van der Waals surface area contributed by atoms with E-state index in [-0.39, 0.29) is 0 Å². The zero-order chi connectivity index (χ0) is 12.0. The average Bonchev–Trinajstić information content (AvgIpc) is 2.29. The third-order valence-electron chi connectivity index (χ3n) is 1.56. The highest BCUT2D eigenvalue weighted by Crippen LogP contribution is 2.07. The Labute approximate surface area is 90.4 Å². The van der Waals surface area contributed by atoms with Crippen LogP contribution in [0.3, 0.4) is 0 Å². The first-order valence-corrected chi connectivity index (χ1v) is 4.34. The lowest BCUT2D eigenvalue weighted by Gasteiger charge is -2.07. The Hall–Kier alpha value is -2.15. The van der Waals surface area contributed by atoms with Crippen molar-refractivity contribution in [3.05, 3.63) is 30.1 Å². The maximum absolute atomic E-state index is 12.5. The van der Waals surface area contributed by atoms with Crippen molar-refractivity contribution < 1.29 is 19.1 Å². The SMILES string of the molecule is O=C(CO)NNC(=O)Nc1ccc(F)cc1. The summed E-state index contributed by atoms with van der Waals surface area (Å²) < 4.78 is 12.5. The van der Waals surface area contributed by atoms with Crippen molar-refractivity contribution >= 4 is 17.6 Å². The van der Waals surface area contributed by atoms with Crippen LogP contribution in [0.2, 0.25) is 0 Å². The van der Waals surface area contributed by atoms with E-state index in [1.165, 1.54) is 24.3 Å². The Morgan fingerprint density at radius 1 is 1.19 bits per heavy atom. The summed E-state index contributed by atoms with van der Waals surface area (Å²) in [5.74, 6) is -1.16. The molecule has 0 bridgehead atoms. The lowest BCUT2D eigenvalue weighted by molar-refractivity contribution is -0.124. The van der Waals surface area contributed by atoms with Gasteiger partial charge in [0.05, 0.1) is 0 Å². The molecule has 0 aliphatic heterocycles. The highest BCUT2D eigenvalue weighted by atomic mass is 19.1. The number of hydrogen-bond acceptors (Lipinski definition) is 3. The van der Waals surface area contributed by atoms with Gasteiger partial charge in [-0.25, -0.2) is 14.6 Å². The number of urea groups is 1. The van der Waals surface area contributed by atoms with Gasteiger partial charge in [0.25, 0.3) is 5.91 Å². The van der Waals surface area contributed by atoms with Gasteiger partial charge in [-0.1, -0.05) is 0 Å². The summed E-state index contributed by atoms with van der Waals surface area (Å²) in [7, 11) is 0. The van der Waals surface area contributed by atoms with Gasteiger partial charge in [-0.3, -0.25) is 10.2 Å². The van der Waals surface area contributed by atoms with E-state index in [0.29, 0.717) is 5.69 Å². The van der Waals surface area contributed by atoms with Gasteiger partial charge in [0.15, 0.2) is 0 Å². The topological polar surface area (TPSA) is 90.5 Å². The molecular weight excluding hydrogens is 217 g/mol. The zero-order valence-corrected chi connectivity index (χ0v) is 8.16. The van der Waals surface area contributed by atoms with E-state index in [2.05, 4.69) is 5.32 Å². The normalized spacial score (nSPS) is 9.38. The van der Waals surface area contributed by atoms with Crippen LogP contribution in [0.1, 0.15) is 0 Å². The van der Waals surface area contributed by atoms with Crippen LogP contribution < -0.4 is 16.2 Å². The number of nitrogens with one attached hydrogen (secondary N) is 3. The summed E-state index contributed by atoms with van der Waals surface area (Å²) in [6, 6.07) is 4.39. The van der Waals surface area contributed by atoms with Crippen molar-refractivity contribution in [1.82, 2.24) is 10.9 Å². The number of aliphatic hydroxyl groups excluding tert-OH is 1. The number of benzene rings is 1. The molecule has 0 aliphatic carbocycles. The standard InChI is InChI=1S/C9H10FN3O3/c10-6-1-3-7(4-2-6)11-9(16)13-12-8(15)5-14/h1-4,14H,5H2,(H,12,15)(H2,11,13,16). The molecule has 0 heterocycles. The van der Waals surface area contributed by atoms with Crippen LogP contribution in [-0.4, -0.2) is 23.7 Å². The molecule has 6 nitrogen and oxygen atoms in total. The summed E-state index contributed by atoms with van der Waals surface area (Å²) in [6.07, 6.45) is 0. The van der Waals surface area contributed by atoms with Crippen molar-refractivity contribution in [2.24, 2.45) is 0 Å². The fraction of sp³-hybridized carbons (Fsp3) is 0.111. The molecule has 1 aromatic rings. The van der Waals surface area contributed by atoms with Gasteiger partial charge in [0.2, 0.25) is 0 Å². The minimum Gasteiger partial charge on any atom is -0.386 e. The summed E-state index contributed by atoms with van der Waals surface area (Å²) in [6.45, 7) is -0.725. The quantitative estimate of drug-likeness (QED) is 0.535. The molecular formula is C9H10FN3O3. The second-order valence-electron chi connectivity index (χ2n) is 2.79. The smallest absolute Gasteiger partial charge is 0.337 e. The number of amides is 3. The third-order valence-corrected chi connectivity index (χ3v) is 1.56. The van der Waals surface area contributed by atoms with E-state index in [1.807, 2.05) is 10.9 Å². The minimum atomic E-state index is -0.741. The molecule has 1 aromatic carbocycles. The molecule has 0 aliphatic rings. The van der Waals surface area contributed by atoms with E-state index >= 15 is 0 Å². The van der Waals surface area contributed by atoms with Gasteiger partial charge in [-0.15, -0.1) is 0 Å². The number of aliphatic hydroxyl groups is 1. The molecule has 86 valence electrons. The monoisotopic (exact) mass is 227 g/mol. The van der Waals surface area contributed by atoms with Crippen LogP contribution in [0.4, 0.5) is 14.9 Å². The first-order chi connectivity index (χ1) is 7.61. The Morgan fingerprint density at radius 3 is 2.38 bits per heavy atom. The molecule has 0 saturated carbocycles. The fourth-order valence-corrected chi connectivity index (χ4v) is 0.862. The third kappa shape index (κ3) is 3.93. The van der Waals surface area contributed by atoms with E-state index in [0.717, 1.165) is 0 Å². The predicted molar refractivity (Wildman–Crippen MR) is 53.8 cm³/mol. The minimum absolute atomic E-state index is 0.372. The molecule has 0 atom stereocenters. The van der Waals surface area contributed by atoms with E-state index in [9.17, 15) is 14.0 Å². The lowest BCUT2D eigenvalue weighted by atomic mass is 10.3.